The van der Waals surface area contributed by atoms with E-state index in [0.717, 1.165) is 17.1 Å². The number of Topliss-reactive ketones (excluding diaryl/α,β-unsaturated/α-hetero) is 1. The lowest BCUT2D eigenvalue weighted by molar-refractivity contribution is -0.118. The Morgan fingerprint density at radius 1 is 1.05 bits per heavy atom. The number of rotatable bonds is 6. The molecule has 1 unspecified atom stereocenters. The first-order chi connectivity index (χ1) is 9.69. The molecule has 1 atom stereocenters. The minimum atomic E-state index is -0.129. The number of likely N-dealkylation sites (N-methyl/N-ethyl adjacent to an activating group) is 1. The Morgan fingerprint density at radius 2 is 1.65 bits per heavy atom. The van der Waals surface area contributed by atoms with E-state index in [9.17, 15) is 4.79 Å². The monoisotopic (exact) mass is 269 g/mol. The van der Waals surface area contributed by atoms with Crippen LogP contribution in [0.5, 0.6) is 11.5 Å². The molecule has 20 heavy (non-hydrogen) atoms. The second-order valence-corrected chi connectivity index (χ2v) is 4.72. The highest BCUT2D eigenvalue weighted by atomic mass is 16.5. The summed E-state index contributed by atoms with van der Waals surface area (Å²) in [5.41, 5.74) is 1.11. The molecule has 0 aliphatic carbocycles. The fourth-order valence-electron chi connectivity index (χ4n) is 2.00. The Labute approximate surface area is 119 Å². The van der Waals surface area contributed by atoms with Gasteiger partial charge in [-0.3, -0.25) is 4.79 Å². The van der Waals surface area contributed by atoms with Gasteiger partial charge in [0.15, 0.2) is 0 Å². The van der Waals surface area contributed by atoms with Crippen LogP contribution in [0.15, 0.2) is 54.6 Å². The van der Waals surface area contributed by atoms with Gasteiger partial charge in [0.05, 0.1) is 6.04 Å². The topological polar surface area (TPSA) is 38.3 Å². The van der Waals surface area contributed by atoms with E-state index >= 15 is 0 Å². The largest absolute Gasteiger partial charge is 0.457 e. The van der Waals surface area contributed by atoms with Crippen molar-refractivity contribution < 1.29 is 9.53 Å². The van der Waals surface area contributed by atoms with E-state index < -0.39 is 0 Å². The van der Waals surface area contributed by atoms with Crippen LogP contribution in [-0.4, -0.2) is 18.9 Å². The number of hydrogen-bond donors (Lipinski definition) is 1. The van der Waals surface area contributed by atoms with Crippen LogP contribution in [0.1, 0.15) is 12.5 Å². The summed E-state index contributed by atoms with van der Waals surface area (Å²) < 4.78 is 5.73. The summed E-state index contributed by atoms with van der Waals surface area (Å²) >= 11 is 0. The molecule has 0 amide bonds. The number of carbonyl (C=O) groups excluding carboxylic acids is 1. The predicted molar refractivity (Wildman–Crippen MR) is 80.2 cm³/mol. The second-order valence-electron chi connectivity index (χ2n) is 4.72. The lowest BCUT2D eigenvalue weighted by Gasteiger charge is -2.13. The van der Waals surface area contributed by atoms with Crippen molar-refractivity contribution in [1.82, 2.24) is 5.32 Å². The Morgan fingerprint density at radius 3 is 2.20 bits per heavy atom. The molecule has 2 aromatic rings. The van der Waals surface area contributed by atoms with Gasteiger partial charge in [-0.15, -0.1) is 0 Å². The maximum Gasteiger partial charge on any atom is 0.147 e. The number of benzene rings is 2. The van der Waals surface area contributed by atoms with Gasteiger partial charge in [0, 0.05) is 0 Å². The van der Waals surface area contributed by atoms with Gasteiger partial charge in [0.1, 0.15) is 17.3 Å². The van der Waals surface area contributed by atoms with Crippen LogP contribution in [0.4, 0.5) is 0 Å². The summed E-state index contributed by atoms with van der Waals surface area (Å²) in [5.74, 6) is 1.76. The molecule has 104 valence electrons. The summed E-state index contributed by atoms with van der Waals surface area (Å²) in [6.45, 7) is 1.61. The molecule has 0 bridgehead atoms. The van der Waals surface area contributed by atoms with Crippen molar-refractivity contribution in [3.05, 3.63) is 60.2 Å². The third kappa shape index (κ3) is 3.93. The quantitative estimate of drug-likeness (QED) is 0.875. The van der Waals surface area contributed by atoms with Gasteiger partial charge >= 0.3 is 0 Å². The predicted octanol–water partition coefficient (Wildman–Crippen LogP) is 3.20. The Hall–Kier alpha value is -2.13. The number of ketones is 1. The molecule has 2 aromatic carbocycles. The molecular weight excluding hydrogens is 250 g/mol. The normalized spacial score (nSPS) is 11.9. The van der Waals surface area contributed by atoms with Crippen LogP contribution in [0, 0.1) is 0 Å². The molecule has 0 aliphatic heterocycles. The summed E-state index contributed by atoms with van der Waals surface area (Å²) in [7, 11) is 1.80. The fraction of sp³-hybridized carbons (Fsp3) is 0.235. The first-order valence-electron chi connectivity index (χ1n) is 6.68. The van der Waals surface area contributed by atoms with Crippen LogP contribution in [-0.2, 0) is 11.2 Å². The maximum absolute atomic E-state index is 11.4. The third-order valence-electron chi connectivity index (χ3n) is 3.18. The second kappa shape index (κ2) is 6.87. The van der Waals surface area contributed by atoms with E-state index in [4.69, 9.17) is 4.74 Å². The van der Waals surface area contributed by atoms with E-state index in [0.29, 0.717) is 6.42 Å². The lowest BCUT2D eigenvalue weighted by Crippen LogP contribution is -2.34. The zero-order chi connectivity index (χ0) is 14.4. The third-order valence-corrected chi connectivity index (χ3v) is 3.18. The van der Waals surface area contributed by atoms with Gasteiger partial charge in [-0.2, -0.15) is 0 Å². The first-order valence-corrected chi connectivity index (χ1v) is 6.68. The molecule has 0 heterocycles. The van der Waals surface area contributed by atoms with Gasteiger partial charge in [-0.05, 0) is 50.2 Å². The molecule has 0 fully saturated rings. The SMILES string of the molecule is CNC(Cc1ccc(Oc2ccccc2)cc1)C(C)=O. The van der Waals surface area contributed by atoms with E-state index in [1.807, 2.05) is 54.6 Å². The van der Waals surface area contributed by atoms with Crippen molar-refractivity contribution in [3.8, 4) is 11.5 Å². The maximum atomic E-state index is 11.4. The van der Waals surface area contributed by atoms with Gasteiger partial charge in [0.2, 0.25) is 0 Å². The molecular formula is C17H19NO2. The molecule has 3 heteroatoms. The van der Waals surface area contributed by atoms with Crippen molar-refractivity contribution >= 4 is 5.78 Å². The van der Waals surface area contributed by atoms with E-state index in [2.05, 4.69) is 5.32 Å². The van der Waals surface area contributed by atoms with Crippen molar-refractivity contribution in [3.63, 3.8) is 0 Å². The first kappa shape index (κ1) is 14.3. The molecule has 0 saturated heterocycles. The molecule has 0 saturated carbocycles. The Kier molecular flexibility index (Phi) is 4.91. The molecule has 0 aromatic heterocycles. The molecule has 0 aliphatic rings. The number of nitrogens with one attached hydrogen (secondary N) is 1. The molecule has 2 rings (SSSR count). The van der Waals surface area contributed by atoms with Crippen LogP contribution >= 0.6 is 0 Å². The minimum absolute atomic E-state index is 0.129. The van der Waals surface area contributed by atoms with E-state index in [-0.39, 0.29) is 11.8 Å². The lowest BCUT2D eigenvalue weighted by atomic mass is 10.0. The van der Waals surface area contributed by atoms with Crippen LogP contribution in [0.25, 0.3) is 0 Å². The van der Waals surface area contributed by atoms with Crippen molar-refractivity contribution in [2.75, 3.05) is 7.05 Å². The van der Waals surface area contributed by atoms with Crippen molar-refractivity contribution in [1.29, 1.82) is 0 Å². The highest BCUT2D eigenvalue weighted by Crippen LogP contribution is 2.21. The smallest absolute Gasteiger partial charge is 0.147 e. The van der Waals surface area contributed by atoms with Crippen LogP contribution in [0.3, 0.4) is 0 Å². The zero-order valence-electron chi connectivity index (χ0n) is 11.8. The fourth-order valence-corrected chi connectivity index (χ4v) is 2.00. The minimum Gasteiger partial charge on any atom is -0.457 e. The Bertz CT molecular complexity index is 549. The van der Waals surface area contributed by atoms with Gasteiger partial charge < -0.3 is 10.1 Å². The molecule has 0 radical (unpaired) electrons. The standard InChI is InChI=1S/C17H19NO2/c1-13(19)17(18-2)12-14-8-10-16(11-9-14)20-15-6-4-3-5-7-15/h3-11,17-18H,12H2,1-2H3. The average Bonchev–Trinajstić information content (AvgIpc) is 2.47. The summed E-state index contributed by atoms with van der Waals surface area (Å²) in [6, 6.07) is 17.4. The zero-order valence-corrected chi connectivity index (χ0v) is 11.8. The van der Waals surface area contributed by atoms with Crippen molar-refractivity contribution in [2.45, 2.75) is 19.4 Å². The van der Waals surface area contributed by atoms with E-state index in [1.165, 1.54) is 0 Å². The number of para-hydroxylation sites is 1. The number of hydrogen-bond acceptors (Lipinski definition) is 3. The Balaban J connectivity index is 2.01. The van der Waals surface area contributed by atoms with Gasteiger partial charge in [-0.1, -0.05) is 30.3 Å². The molecule has 0 spiro atoms. The van der Waals surface area contributed by atoms with Crippen molar-refractivity contribution in [2.24, 2.45) is 0 Å². The average molecular weight is 269 g/mol. The summed E-state index contributed by atoms with van der Waals surface area (Å²) in [6.07, 6.45) is 0.692. The van der Waals surface area contributed by atoms with Gasteiger partial charge in [-0.25, -0.2) is 0 Å². The van der Waals surface area contributed by atoms with Gasteiger partial charge in [0.25, 0.3) is 0 Å². The number of ether oxygens (including phenoxy) is 1. The van der Waals surface area contributed by atoms with Crippen LogP contribution < -0.4 is 10.1 Å². The number of carbonyl (C=O) groups is 1. The molecule has 1 N–H and O–H groups in total. The highest BCUT2D eigenvalue weighted by molar-refractivity contribution is 5.81. The summed E-state index contributed by atoms with van der Waals surface area (Å²) in [4.78, 5) is 11.4. The highest BCUT2D eigenvalue weighted by Gasteiger charge is 2.11. The van der Waals surface area contributed by atoms with Crippen LogP contribution in [0.2, 0.25) is 0 Å². The van der Waals surface area contributed by atoms with E-state index in [1.54, 1.807) is 14.0 Å². The summed E-state index contributed by atoms with van der Waals surface area (Å²) in [5, 5.41) is 3.02. The molecule has 3 nitrogen and oxygen atoms in total.